The molecule has 1 aromatic heterocycles. The Kier molecular flexibility index (Phi) is 3.27. The standard InChI is InChI=1S/C7H10FN3O3/c1-12-5-4(14-3-8)6(13-2)11-7(9)10-5/h3H2,1-2H3,(H2,9,10,11). The van der Waals surface area contributed by atoms with Crippen LogP contribution < -0.4 is 19.9 Å². The van der Waals surface area contributed by atoms with E-state index < -0.39 is 6.86 Å². The van der Waals surface area contributed by atoms with Crippen LogP contribution in [0.4, 0.5) is 10.3 Å². The zero-order valence-corrected chi connectivity index (χ0v) is 7.78. The molecule has 1 heterocycles. The summed E-state index contributed by atoms with van der Waals surface area (Å²) in [4.78, 5) is 7.38. The number of hydrogen-bond donors (Lipinski definition) is 1. The van der Waals surface area contributed by atoms with Gasteiger partial charge in [-0.1, -0.05) is 0 Å². The van der Waals surface area contributed by atoms with E-state index in [2.05, 4.69) is 14.7 Å². The van der Waals surface area contributed by atoms with E-state index in [9.17, 15) is 4.39 Å². The quantitative estimate of drug-likeness (QED) is 0.762. The third-order valence-corrected chi connectivity index (χ3v) is 1.41. The van der Waals surface area contributed by atoms with Gasteiger partial charge in [0.05, 0.1) is 14.2 Å². The van der Waals surface area contributed by atoms with Crippen LogP contribution in [0.1, 0.15) is 0 Å². The average Bonchev–Trinajstić information content (AvgIpc) is 2.20. The molecule has 0 bridgehead atoms. The monoisotopic (exact) mass is 203 g/mol. The first kappa shape index (κ1) is 10.3. The molecule has 0 amide bonds. The Morgan fingerprint density at radius 1 is 1.21 bits per heavy atom. The molecule has 0 radical (unpaired) electrons. The topological polar surface area (TPSA) is 79.5 Å². The molecular weight excluding hydrogens is 193 g/mol. The number of nitrogens with two attached hydrogens (primary N) is 1. The summed E-state index contributed by atoms with van der Waals surface area (Å²) in [5.41, 5.74) is 5.34. The number of alkyl halides is 1. The highest BCUT2D eigenvalue weighted by molar-refractivity contribution is 5.46. The van der Waals surface area contributed by atoms with Crippen molar-refractivity contribution in [3.63, 3.8) is 0 Å². The van der Waals surface area contributed by atoms with Gasteiger partial charge in [-0.3, -0.25) is 0 Å². The van der Waals surface area contributed by atoms with Crippen molar-refractivity contribution in [2.45, 2.75) is 0 Å². The molecule has 0 atom stereocenters. The minimum Gasteiger partial charge on any atom is -0.478 e. The fraction of sp³-hybridized carbons (Fsp3) is 0.429. The molecule has 0 aromatic carbocycles. The molecule has 7 heteroatoms. The molecule has 0 saturated heterocycles. The Morgan fingerprint density at radius 2 is 1.71 bits per heavy atom. The van der Waals surface area contributed by atoms with Crippen molar-refractivity contribution in [3.8, 4) is 17.5 Å². The predicted octanol–water partition coefficient (Wildman–Crippen LogP) is 0.382. The second kappa shape index (κ2) is 4.45. The zero-order valence-electron chi connectivity index (χ0n) is 7.78. The van der Waals surface area contributed by atoms with E-state index in [1.54, 1.807) is 0 Å². The normalized spacial score (nSPS) is 9.64. The number of nitrogens with zero attached hydrogens (tertiary/aromatic N) is 2. The second-order valence-corrected chi connectivity index (χ2v) is 2.18. The molecule has 0 aliphatic heterocycles. The van der Waals surface area contributed by atoms with Crippen molar-refractivity contribution in [3.05, 3.63) is 0 Å². The molecule has 14 heavy (non-hydrogen) atoms. The first-order chi connectivity index (χ1) is 6.72. The predicted molar refractivity (Wildman–Crippen MR) is 46.2 cm³/mol. The number of aromatic nitrogens is 2. The third kappa shape index (κ3) is 1.93. The molecule has 0 aliphatic rings. The van der Waals surface area contributed by atoms with E-state index in [-0.39, 0.29) is 23.5 Å². The lowest BCUT2D eigenvalue weighted by molar-refractivity contribution is 0.174. The van der Waals surface area contributed by atoms with Gasteiger partial charge in [-0.2, -0.15) is 9.97 Å². The smallest absolute Gasteiger partial charge is 0.266 e. The van der Waals surface area contributed by atoms with Crippen molar-refractivity contribution >= 4 is 5.95 Å². The number of nitrogen functional groups attached to an aromatic ring is 1. The van der Waals surface area contributed by atoms with Crippen LogP contribution in [-0.4, -0.2) is 31.0 Å². The van der Waals surface area contributed by atoms with Crippen molar-refractivity contribution in [2.24, 2.45) is 0 Å². The van der Waals surface area contributed by atoms with Crippen LogP contribution in [0.5, 0.6) is 17.5 Å². The fourth-order valence-electron chi connectivity index (χ4n) is 0.881. The van der Waals surface area contributed by atoms with E-state index in [0.717, 1.165) is 0 Å². The van der Waals surface area contributed by atoms with Gasteiger partial charge in [0, 0.05) is 0 Å². The highest BCUT2D eigenvalue weighted by Crippen LogP contribution is 2.34. The van der Waals surface area contributed by atoms with E-state index in [0.29, 0.717) is 0 Å². The van der Waals surface area contributed by atoms with Gasteiger partial charge < -0.3 is 19.9 Å². The molecule has 1 aromatic rings. The summed E-state index contributed by atoms with van der Waals surface area (Å²) < 4.78 is 26.2. The summed E-state index contributed by atoms with van der Waals surface area (Å²) in [6, 6.07) is 0. The molecule has 6 nitrogen and oxygen atoms in total. The van der Waals surface area contributed by atoms with Crippen molar-refractivity contribution in [1.82, 2.24) is 9.97 Å². The van der Waals surface area contributed by atoms with Crippen LogP contribution in [0.2, 0.25) is 0 Å². The molecule has 0 saturated carbocycles. The van der Waals surface area contributed by atoms with Crippen LogP contribution in [0.3, 0.4) is 0 Å². The fourth-order valence-corrected chi connectivity index (χ4v) is 0.881. The summed E-state index contributed by atoms with van der Waals surface area (Å²) in [6.45, 7) is -1.03. The SMILES string of the molecule is COc1nc(N)nc(OC)c1OCF. The first-order valence-electron chi connectivity index (χ1n) is 3.67. The van der Waals surface area contributed by atoms with Crippen LogP contribution >= 0.6 is 0 Å². The number of ether oxygens (including phenoxy) is 3. The number of hydrogen-bond acceptors (Lipinski definition) is 6. The van der Waals surface area contributed by atoms with Crippen LogP contribution in [0, 0.1) is 0 Å². The number of halogens is 1. The number of anilines is 1. The summed E-state index contributed by atoms with van der Waals surface area (Å²) in [6.07, 6.45) is 0. The van der Waals surface area contributed by atoms with Gasteiger partial charge in [-0.15, -0.1) is 0 Å². The largest absolute Gasteiger partial charge is 0.478 e. The van der Waals surface area contributed by atoms with Crippen molar-refractivity contribution < 1.29 is 18.6 Å². The van der Waals surface area contributed by atoms with Gasteiger partial charge in [-0.25, -0.2) is 4.39 Å². The summed E-state index contributed by atoms with van der Waals surface area (Å²) in [5, 5.41) is 0. The molecule has 0 spiro atoms. The van der Waals surface area contributed by atoms with E-state index in [1.165, 1.54) is 14.2 Å². The van der Waals surface area contributed by atoms with Gasteiger partial charge in [0.2, 0.25) is 18.6 Å². The minimum absolute atomic E-state index is 0.00769. The average molecular weight is 203 g/mol. The lowest BCUT2D eigenvalue weighted by Gasteiger charge is -2.10. The van der Waals surface area contributed by atoms with E-state index in [1.807, 2.05) is 0 Å². The Morgan fingerprint density at radius 3 is 2.07 bits per heavy atom. The molecule has 2 N–H and O–H groups in total. The molecule has 1 rings (SSSR count). The van der Waals surface area contributed by atoms with Crippen molar-refractivity contribution in [1.29, 1.82) is 0 Å². The van der Waals surface area contributed by atoms with Gasteiger partial charge in [0.25, 0.3) is 11.8 Å². The Balaban J connectivity index is 3.18. The van der Waals surface area contributed by atoms with Crippen LogP contribution in [0.25, 0.3) is 0 Å². The lowest BCUT2D eigenvalue weighted by Crippen LogP contribution is -2.04. The summed E-state index contributed by atoms with van der Waals surface area (Å²) >= 11 is 0. The maximum Gasteiger partial charge on any atom is 0.266 e. The third-order valence-electron chi connectivity index (χ3n) is 1.41. The lowest BCUT2D eigenvalue weighted by atomic mass is 10.5. The Labute approximate surface area is 79.8 Å². The molecular formula is C7H10FN3O3. The minimum atomic E-state index is -1.03. The van der Waals surface area contributed by atoms with Gasteiger partial charge >= 0.3 is 0 Å². The first-order valence-corrected chi connectivity index (χ1v) is 3.67. The van der Waals surface area contributed by atoms with Gasteiger partial charge in [-0.05, 0) is 0 Å². The zero-order chi connectivity index (χ0) is 10.6. The van der Waals surface area contributed by atoms with Gasteiger partial charge in [0.15, 0.2) is 0 Å². The van der Waals surface area contributed by atoms with Crippen LogP contribution in [0.15, 0.2) is 0 Å². The molecule has 0 unspecified atom stereocenters. The van der Waals surface area contributed by atoms with Crippen LogP contribution in [-0.2, 0) is 0 Å². The molecule has 0 fully saturated rings. The molecule has 0 aliphatic carbocycles. The number of methoxy groups -OCH3 is 2. The maximum absolute atomic E-state index is 12.0. The van der Waals surface area contributed by atoms with E-state index in [4.69, 9.17) is 15.2 Å². The summed E-state index contributed by atoms with van der Waals surface area (Å²) in [7, 11) is 2.71. The van der Waals surface area contributed by atoms with E-state index >= 15 is 0 Å². The number of rotatable bonds is 4. The Hall–Kier alpha value is -1.79. The second-order valence-electron chi connectivity index (χ2n) is 2.18. The highest BCUT2D eigenvalue weighted by Gasteiger charge is 2.16. The Bertz CT molecular complexity index is 296. The highest BCUT2D eigenvalue weighted by atomic mass is 19.1. The molecule has 78 valence electrons. The maximum atomic E-state index is 12.0. The van der Waals surface area contributed by atoms with Gasteiger partial charge in [0.1, 0.15) is 0 Å². The van der Waals surface area contributed by atoms with Crippen molar-refractivity contribution in [2.75, 3.05) is 26.8 Å². The summed E-state index contributed by atoms with van der Waals surface area (Å²) in [5.74, 6) is 0.0237.